The summed E-state index contributed by atoms with van der Waals surface area (Å²) in [5.41, 5.74) is 0.717. The molecule has 0 aliphatic carbocycles. The lowest BCUT2D eigenvalue weighted by atomic mass is 10.1. The van der Waals surface area contributed by atoms with Crippen molar-refractivity contribution in [1.82, 2.24) is 0 Å². The number of rotatable bonds is 3. The molecule has 0 N–H and O–H groups in total. The van der Waals surface area contributed by atoms with Crippen LogP contribution >= 0.6 is 0 Å². The van der Waals surface area contributed by atoms with Gasteiger partial charge in [0.05, 0.1) is 13.2 Å². The minimum atomic E-state index is 0.168. The van der Waals surface area contributed by atoms with Crippen LogP contribution in [0.2, 0.25) is 0 Å². The summed E-state index contributed by atoms with van der Waals surface area (Å²) in [7, 11) is 0. The highest BCUT2D eigenvalue weighted by molar-refractivity contribution is 5.96. The van der Waals surface area contributed by atoms with E-state index in [4.69, 9.17) is 9.47 Å². The molecule has 1 aliphatic heterocycles. The molecule has 92 valence electrons. The Bertz CT molecular complexity index is 398. The number of hydrogen-bond donors (Lipinski definition) is 0. The first-order valence-corrected chi connectivity index (χ1v) is 6.24. The monoisotopic (exact) mass is 234 g/mol. The molecule has 0 saturated heterocycles. The highest BCUT2D eigenvalue weighted by atomic mass is 16.5. The molecule has 0 bridgehead atoms. The summed E-state index contributed by atoms with van der Waals surface area (Å²) in [5, 5.41) is 0. The molecular weight excluding hydrogens is 216 g/mol. The Hall–Kier alpha value is -1.51. The van der Waals surface area contributed by atoms with Gasteiger partial charge < -0.3 is 9.47 Å². The molecule has 17 heavy (non-hydrogen) atoms. The Balaban J connectivity index is 2.21. The predicted octanol–water partition coefficient (Wildman–Crippen LogP) is 3.22. The Morgan fingerprint density at radius 2 is 1.88 bits per heavy atom. The Morgan fingerprint density at radius 3 is 2.59 bits per heavy atom. The van der Waals surface area contributed by atoms with Crippen LogP contribution in [0.4, 0.5) is 0 Å². The molecule has 3 nitrogen and oxygen atoms in total. The van der Waals surface area contributed by atoms with E-state index in [0.29, 0.717) is 18.8 Å². The molecule has 1 aliphatic rings. The van der Waals surface area contributed by atoms with E-state index in [9.17, 15) is 4.79 Å². The van der Waals surface area contributed by atoms with Gasteiger partial charge in [0.15, 0.2) is 17.3 Å². The minimum Gasteiger partial charge on any atom is -0.490 e. The summed E-state index contributed by atoms with van der Waals surface area (Å²) in [6, 6.07) is 5.46. The summed E-state index contributed by atoms with van der Waals surface area (Å²) < 4.78 is 11.2. The van der Waals surface area contributed by atoms with E-state index in [1.807, 2.05) is 19.1 Å². The van der Waals surface area contributed by atoms with Crippen molar-refractivity contribution in [2.45, 2.75) is 32.6 Å². The standard InChI is InChI=1S/C14H18O3/c1-2-5-12(15)11-6-7-13-14(10-11)17-9-4-3-8-16-13/h6-7,10H,2-5,8-9H2,1H3. The van der Waals surface area contributed by atoms with Crippen LogP contribution in [0, 0.1) is 0 Å². The van der Waals surface area contributed by atoms with Crippen LogP contribution in [0.1, 0.15) is 43.0 Å². The van der Waals surface area contributed by atoms with Crippen molar-refractivity contribution in [1.29, 1.82) is 0 Å². The van der Waals surface area contributed by atoms with E-state index in [0.717, 1.165) is 37.2 Å². The van der Waals surface area contributed by atoms with Crippen LogP contribution < -0.4 is 9.47 Å². The zero-order valence-corrected chi connectivity index (χ0v) is 10.2. The summed E-state index contributed by atoms with van der Waals surface area (Å²) in [4.78, 5) is 11.8. The molecular formula is C14H18O3. The zero-order valence-electron chi connectivity index (χ0n) is 10.2. The van der Waals surface area contributed by atoms with Crippen LogP contribution in [0.25, 0.3) is 0 Å². The molecule has 0 spiro atoms. The fourth-order valence-corrected chi connectivity index (χ4v) is 1.85. The fourth-order valence-electron chi connectivity index (χ4n) is 1.85. The highest BCUT2D eigenvalue weighted by Gasteiger charge is 2.12. The quantitative estimate of drug-likeness (QED) is 0.753. The first kappa shape index (κ1) is 12.0. The number of carbonyl (C=O) groups excluding carboxylic acids is 1. The normalized spacial score (nSPS) is 14.9. The van der Waals surface area contributed by atoms with Crippen molar-refractivity contribution in [3.05, 3.63) is 23.8 Å². The van der Waals surface area contributed by atoms with E-state index in [1.54, 1.807) is 6.07 Å². The van der Waals surface area contributed by atoms with Gasteiger partial charge in [-0.3, -0.25) is 4.79 Å². The third-order valence-electron chi connectivity index (χ3n) is 2.80. The van der Waals surface area contributed by atoms with Gasteiger partial charge in [-0.05, 0) is 37.5 Å². The van der Waals surface area contributed by atoms with Gasteiger partial charge in [0.1, 0.15) is 0 Å². The van der Waals surface area contributed by atoms with Crippen molar-refractivity contribution in [2.75, 3.05) is 13.2 Å². The highest BCUT2D eigenvalue weighted by Crippen LogP contribution is 2.30. The van der Waals surface area contributed by atoms with Crippen molar-refractivity contribution in [3.8, 4) is 11.5 Å². The zero-order chi connectivity index (χ0) is 12.1. The van der Waals surface area contributed by atoms with Crippen LogP contribution in [0.15, 0.2) is 18.2 Å². The van der Waals surface area contributed by atoms with Gasteiger partial charge in [-0.15, -0.1) is 0 Å². The topological polar surface area (TPSA) is 35.5 Å². The van der Waals surface area contributed by atoms with Gasteiger partial charge in [0.2, 0.25) is 0 Å². The van der Waals surface area contributed by atoms with E-state index in [2.05, 4.69) is 0 Å². The number of ether oxygens (including phenoxy) is 2. The van der Waals surface area contributed by atoms with E-state index < -0.39 is 0 Å². The summed E-state index contributed by atoms with van der Waals surface area (Å²) in [5.74, 6) is 1.62. The van der Waals surface area contributed by atoms with Gasteiger partial charge in [0.25, 0.3) is 0 Å². The first-order valence-electron chi connectivity index (χ1n) is 6.24. The third-order valence-corrected chi connectivity index (χ3v) is 2.80. The smallest absolute Gasteiger partial charge is 0.163 e. The molecule has 0 saturated carbocycles. The molecule has 2 rings (SSSR count). The van der Waals surface area contributed by atoms with Gasteiger partial charge >= 0.3 is 0 Å². The molecule has 1 heterocycles. The maximum absolute atomic E-state index is 11.8. The lowest BCUT2D eigenvalue weighted by Crippen LogP contribution is -2.09. The van der Waals surface area contributed by atoms with E-state index >= 15 is 0 Å². The molecule has 0 atom stereocenters. The number of hydrogen-bond acceptors (Lipinski definition) is 3. The molecule has 0 amide bonds. The average molecular weight is 234 g/mol. The van der Waals surface area contributed by atoms with Gasteiger partial charge in [-0.1, -0.05) is 6.92 Å². The van der Waals surface area contributed by atoms with Gasteiger partial charge in [-0.25, -0.2) is 0 Å². The fraction of sp³-hybridized carbons (Fsp3) is 0.500. The Labute approximate surface area is 102 Å². The third kappa shape index (κ3) is 2.99. The predicted molar refractivity (Wildman–Crippen MR) is 65.9 cm³/mol. The maximum atomic E-state index is 11.8. The van der Waals surface area contributed by atoms with Crippen LogP contribution in [-0.4, -0.2) is 19.0 Å². The maximum Gasteiger partial charge on any atom is 0.163 e. The number of benzene rings is 1. The van der Waals surface area contributed by atoms with Crippen LogP contribution in [0.3, 0.4) is 0 Å². The summed E-state index contributed by atoms with van der Waals surface area (Å²) in [6.07, 6.45) is 3.45. The minimum absolute atomic E-state index is 0.168. The largest absolute Gasteiger partial charge is 0.490 e. The number of ketones is 1. The molecule has 0 fully saturated rings. The van der Waals surface area contributed by atoms with Crippen molar-refractivity contribution < 1.29 is 14.3 Å². The van der Waals surface area contributed by atoms with Crippen molar-refractivity contribution in [2.24, 2.45) is 0 Å². The second-order valence-corrected chi connectivity index (χ2v) is 4.24. The summed E-state index contributed by atoms with van der Waals surface area (Å²) in [6.45, 7) is 3.42. The Kier molecular flexibility index (Phi) is 4.02. The molecule has 1 aromatic carbocycles. The number of Topliss-reactive ketones (excluding diaryl/α,β-unsaturated/α-hetero) is 1. The summed E-state index contributed by atoms with van der Waals surface area (Å²) >= 11 is 0. The SMILES string of the molecule is CCCC(=O)c1ccc2c(c1)OCCCCO2. The second-order valence-electron chi connectivity index (χ2n) is 4.24. The molecule has 0 aromatic heterocycles. The van der Waals surface area contributed by atoms with Crippen LogP contribution in [0.5, 0.6) is 11.5 Å². The molecule has 0 unspecified atom stereocenters. The van der Waals surface area contributed by atoms with E-state index in [1.165, 1.54) is 0 Å². The molecule has 0 radical (unpaired) electrons. The first-order chi connectivity index (χ1) is 8.31. The van der Waals surface area contributed by atoms with Crippen LogP contribution in [-0.2, 0) is 0 Å². The number of fused-ring (bicyclic) bond motifs is 1. The molecule has 1 aromatic rings. The molecule has 3 heteroatoms. The van der Waals surface area contributed by atoms with Gasteiger partial charge in [0, 0.05) is 12.0 Å². The Morgan fingerprint density at radius 1 is 1.18 bits per heavy atom. The van der Waals surface area contributed by atoms with E-state index in [-0.39, 0.29) is 5.78 Å². The number of carbonyl (C=O) groups is 1. The lowest BCUT2D eigenvalue weighted by Gasteiger charge is -2.16. The lowest BCUT2D eigenvalue weighted by molar-refractivity contribution is 0.0981. The average Bonchev–Trinajstić information content (AvgIpc) is 2.30. The van der Waals surface area contributed by atoms with Crippen molar-refractivity contribution >= 4 is 5.78 Å². The van der Waals surface area contributed by atoms with Crippen molar-refractivity contribution in [3.63, 3.8) is 0 Å². The van der Waals surface area contributed by atoms with Gasteiger partial charge in [-0.2, -0.15) is 0 Å². The second kappa shape index (κ2) is 5.71.